The van der Waals surface area contributed by atoms with Gasteiger partial charge in [0.1, 0.15) is 6.10 Å². The second-order valence-electron chi connectivity index (χ2n) is 12.8. The smallest absolute Gasteiger partial charge is 0.457 e. The molecule has 0 aliphatic rings. The van der Waals surface area contributed by atoms with Crippen LogP contribution in [0, 0.1) is 0 Å². The number of nitrogens with two attached hydrogens (primary N) is 1. The molecule has 0 aromatic carbocycles. The topological polar surface area (TPSA) is 117 Å². The number of phosphoric ester groups is 1. The van der Waals surface area contributed by atoms with Crippen LogP contribution in [0.25, 0.3) is 0 Å². The summed E-state index contributed by atoms with van der Waals surface area (Å²) in [6.07, 6.45) is 33.3. The maximum absolute atomic E-state index is 12.2. The highest BCUT2D eigenvalue weighted by Gasteiger charge is 2.25. The molecule has 0 aliphatic carbocycles. The van der Waals surface area contributed by atoms with E-state index in [1.165, 1.54) is 128 Å². The molecule has 0 aliphatic heterocycles. The summed E-state index contributed by atoms with van der Waals surface area (Å²) in [5.74, 6) is -0.344. The zero-order chi connectivity index (χ0) is 33.1. The molecule has 0 heterocycles. The minimum atomic E-state index is -4.25. The van der Waals surface area contributed by atoms with E-state index in [9.17, 15) is 14.3 Å². The third kappa shape index (κ3) is 34.6. The number of ether oxygens (including phenoxy) is 2. The number of unbranched alkanes of at least 4 members (excludes halogenated alkanes) is 24. The van der Waals surface area contributed by atoms with Crippen LogP contribution >= 0.6 is 7.82 Å². The third-order valence-electron chi connectivity index (χ3n) is 8.27. The minimum Gasteiger partial charge on any atom is -0.457 e. The van der Waals surface area contributed by atoms with Crippen LogP contribution in [0.2, 0.25) is 0 Å². The lowest BCUT2D eigenvalue weighted by molar-refractivity contribution is -0.154. The third-order valence-corrected chi connectivity index (χ3v) is 9.26. The van der Waals surface area contributed by atoms with Crippen LogP contribution in [0.5, 0.6) is 0 Å². The molecular formula is C36H74NO7P. The van der Waals surface area contributed by atoms with Crippen LogP contribution < -0.4 is 5.73 Å². The van der Waals surface area contributed by atoms with Gasteiger partial charge in [-0.05, 0) is 12.8 Å². The molecule has 45 heavy (non-hydrogen) atoms. The fourth-order valence-corrected chi connectivity index (χ4v) is 6.23. The number of hydrogen-bond donors (Lipinski definition) is 2. The molecule has 0 rings (SSSR count). The Morgan fingerprint density at radius 1 is 0.578 bits per heavy atom. The van der Waals surface area contributed by atoms with E-state index in [4.69, 9.17) is 24.3 Å². The summed E-state index contributed by atoms with van der Waals surface area (Å²) in [7, 11) is -4.25. The second-order valence-corrected chi connectivity index (χ2v) is 14.3. The molecule has 2 unspecified atom stereocenters. The zero-order valence-electron chi connectivity index (χ0n) is 29.6. The molecular weight excluding hydrogens is 589 g/mol. The molecule has 0 saturated heterocycles. The van der Waals surface area contributed by atoms with E-state index in [0.29, 0.717) is 13.0 Å². The van der Waals surface area contributed by atoms with Crippen LogP contribution in [0.4, 0.5) is 0 Å². The second kappa shape index (κ2) is 34.8. The summed E-state index contributed by atoms with van der Waals surface area (Å²) >= 11 is 0. The van der Waals surface area contributed by atoms with E-state index >= 15 is 0 Å². The van der Waals surface area contributed by atoms with Crippen LogP contribution in [0.3, 0.4) is 0 Å². The van der Waals surface area contributed by atoms with Gasteiger partial charge < -0.3 is 20.1 Å². The van der Waals surface area contributed by atoms with E-state index in [2.05, 4.69) is 13.8 Å². The minimum absolute atomic E-state index is 0.0916. The van der Waals surface area contributed by atoms with Crippen molar-refractivity contribution in [2.45, 2.75) is 193 Å². The first-order chi connectivity index (χ1) is 21.9. The lowest BCUT2D eigenvalue weighted by Gasteiger charge is -2.20. The number of esters is 1. The Kier molecular flexibility index (Phi) is 34.4. The van der Waals surface area contributed by atoms with Crippen molar-refractivity contribution < 1.29 is 32.8 Å². The van der Waals surface area contributed by atoms with Crippen molar-refractivity contribution >= 4 is 13.8 Å². The van der Waals surface area contributed by atoms with Crippen molar-refractivity contribution in [3.8, 4) is 0 Å². The van der Waals surface area contributed by atoms with Gasteiger partial charge >= 0.3 is 13.8 Å². The molecule has 2 atom stereocenters. The highest BCUT2D eigenvalue weighted by molar-refractivity contribution is 7.47. The number of rotatable bonds is 37. The number of carbonyl (C=O) groups excluding carboxylic acids is 1. The highest BCUT2D eigenvalue weighted by Crippen LogP contribution is 2.43. The molecule has 270 valence electrons. The molecule has 9 heteroatoms. The Hall–Kier alpha value is -0.500. The van der Waals surface area contributed by atoms with Crippen molar-refractivity contribution in [1.29, 1.82) is 0 Å². The Balaban J connectivity index is 3.71. The van der Waals surface area contributed by atoms with Crippen molar-refractivity contribution in [3.05, 3.63) is 0 Å². The van der Waals surface area contributed by atoms with E-state index in [1.807, 2.05) is 0 Å². The van der Waals surface area contributed by atoms with Gasteiger partial charge in [-0.1, -0.05) is 168 Å². The standard InChI is InChI=1S/C36H74NO7P/c1-3-5-7-9-10-11-12-13-14-15-16-17-18-19-20-21-22-23-24-25-26-28-31-41-33-35(34-43-45(39,40)42-32-30-37)44-36(38)29-27-8-6-4-2/h35H,3-34,37H2,1-2H3,(H,39,40). The summed E-state index contributed by atoms with van der Waals surface area (Å²) in [5, 5.41) is 0. The van der Waals surface area contributed by atoms with E-state index < -0.39 is 13.9 Å². The Morgan fingerprint density at radius 2 is 0.978 bits per heavy atom. The predicted molar refractivity (Wildman–Crippen MR) is 187 cm³/mol. The molecule has 8 nitrogen and oxygen atoms in total. The van der Waals surface area contributed by atoms with Crippen LogP contribution in [-0.4, -0.2) is 49.9 Å². The maximum atomic E-state index is 12.2. The van der Waals surface area contributed by atoms with Gasteiger partial charge in [0.25, 0.3) is 0 Å². The monoisotopic (exact) mass is 664 g/mol. The number of phosphoric acid groups is 1. The first kappa shape index (κ1) is 44.5. The molecule has 0 spiro atoms. The summed E-state index contributed by atoms with van der Waals surface area (Å²) in [4.78, 5) is 22.0. The van der Waals surface area contributed by atoms with Crippen LogP contribution in [0.15, 0.2) is 0 Å². The summed E-state index contributed by atoms with van der Waals surface area (Å²) in [5.41, 5.74) is 5.32. The molecule has 0 fully saturated rings. The van der Waals surface area contributed by atoms with Gasteiger partial charge in [0.2, 0.25) is 0 Å². The average molecular weight is 664 g/mol. The molecule has 0 radical (unpaired) electrons. The zero-order valence-corrected chi connectivity index (χ0v) is 30.5. The normalized spacial score (nSPS) is 13.6. The van der Waals surface area contributed by atoms with Crippen molar-refractivity contribution in [2.75, 3.05) is 33.0 Å². The van der Waals surface area contributed by atoms with Gasteiger partial charge in [-0.2, -0.15) is 0 Å². The van der Waals surface area contributed by atoms with E-state index in [1.54, 1.807) is 0 Å². The molecule has 0 saturated carbocycles. The van der Waals surface area contributed by atoms with E-state index in [-0.39, 0.29) is 32.3 Å². The first-order valence-electron chi connectivity index (χ1n) is 19.0. The van der Waals surface area contributed by atoms with Crippen LogP contribution in [0.1, 0.15) is 187 Å². The predicted octanol–water partition coefficient (Wildman–Crippen LogP) is 10.6. The van der Waals surface area contributed by atoms with Gasteiger partial charge in [0.15, 0.2) is 0 Å². The summed E-state index contributed by atoms with van der Waals surface area (Å²) in [6.45, 7) is 4.83. The fourth-order valence-electron chi connectivity index (χ4n) is 5.47. The molecule has 0 aromatic heterocycles. The molecule has 3 N–H and O–H groups in total. The molecule has 0 amide bonds. The summed E-state index contributed by atoms with van der Waals surface area (Å²) in [6, 6.07) is 0. The Labute approximate surface area is 278 Å². The van der Waals surface area contributed by atoms with Crippen LogP contribution in [-0.2, 0) is 27.9 Å². The first-order valence-corrected chi connectivity index (χ1v) is 20.5. The largest absolute Gasteiger partial charge is 0.472 e. The van der Waals surface area contributed by atoms with Gasteiger partial charge in [-0.15, -0.1) is 0 Å². The number of carbonyl (C=O) groups is 1. The van der Waals surface area contributed by atoms with Gasteiger partial charge in [0, 0.05) is 19.6 Å². The fraction of sp³-hybridized carbons (Fsp3) is 0.972. The highest BCUT2D eigenvalue weighted by atomic mass is 31.2. The Morgan fingerprint density at radius 3 is 1.40 bits per heavy atom. The van der Waals surface area contributed by atoms with Gasteiger partial charge in [-0.25, -0.2) is 4.57 Å². The number of hydrogen-bond acceptors (Lipinski definition) is 7. The molecule has 0 aromatic rings. The lowest BCUT2D eigenvalue weighted by Crippen LogP contribution is -2.28. The summed E-state index contributed by atoms with van der Waals surface area (Å²) < 4.78 is 33.0. The quantitative estimate of drug-likeness (QED) is 0.0383. The lowest BCUT2D eigenvalue weighted by atomic mass is 10.0. The average Bonchev–Trinajstić information content (AvgIpc) is 3.03. The van der Waals surface area contributed by atoms with Crippen molar-refractivity contribution in [1.82, 2.24) is 0 Å². The molecule has 0 bridgehead atoms. The van der Waals surface area contributed by atoms with Crippen molar-refractivity contribution in [3.63, 3.8) is 0 Å². The maximum Gasteiger partial charge on any atom is 0.472 e. The van der Waals surface area contributed by atoms with Gasteiger partial charge in [0.05, 0.1) is 19.8 Å². The SMILES string of the molecule is CCCCCCCCCCCCCCCCCCCCCCCCOCC(COP(=O)(O)OCCN)OC(=O)CCCCCC. The van der Waals surface area contributed by atoms with Crippen molar-refractivity contribution in [2.24, 2.45) is 5.73 Å². The van der Waals surface area contributed by atoms with Gasteiger partial charge in [-0.3, -0.25) is 13.8 Å². The van der Waals surface area contributed by atoms with E-state index in [0.717, 1.165) is 38.5 Å². The Bertz CT molecular complexity index is 667.